The molecule has 0 saturated heterocycles. The number of benzene rings is 1. The number of likely N-dealkylation sites (N-methyl/N-ethyl adjacent to an activating group) is 1. The van der Waals surface area contributed by atoms with Crippen molar-refractivity contribution in [3.05, 3.63) is 33.8 Å². The van der Waals surface area contributed by atoms with Crippen LogP contribution in [-0.2, 0) is 6.42 Å². The van der Waals surface area contributed by atoms with E-state index in [4.69, 9.17) is 23.2 Å². The van der Waals surface area contributed by atoms with Gasteiger partial charge in [0.25, 0.3) is 0 Å². The Labute approximate surface area is 139 Å². The van der Waals surface area contributed by atoms with Crippen molar-refractivity contribution in [2.75, 3.05) is 7.05 Å². The second-order valence-corrected chi connectivity index (χ2v) is 7.71. The molecule has 1 aromatic carbocycles. The zero-order chi connectivity index (χ0) is 15.5. The Bertz CT molecular complexity index is 464. The minimum Gasteiger partial charge on any atom is -0.316 e. The molecular weight excluding hydrogens is 301 g/mol. The lowest BCUT2D eigenvalue weighted by Crippen LogP contribution is -2.44. The van der Waals surface area contributed by atoms with E-state index in [1.807, 2.05) is 12.1 Å². The van der Waals surface area contributed by atoms with Crippen molar-refractivity contribution in [1.82, 2.24) is 5.32 Å². The van der Waals surface area contributed by atoms with Gasteiger partial charge in [-0.2, -0.15) is 0 Å². The van der Waals surface area contributed by atoms with Crippen molar-refractivity contribution >= 4 is 23.2 Å². The maximum atomic E-state index is 6.39. The van der Waals surface area contributed by atoms with Gasteiger partial charge >= 0.3 is 0 Å². The van der Waals surface area contributed by atoms with Crippen molar-refractivity contribution in [3.8, 4) is 0 Å². The largest absolute Gasteiger partial charge is 0.316 e. The second-order valence-electron chi connectivity index (χ2n) is 6.93. The molecule has 1 aromatic rings. The fourth-order valence-electron chi connectivity index (χ4n) is 4.14. The Hall–Kier alpha value is -0.240. The van der Waals surface area contributed by atoms with Crippen LogP contribution >= 0.6 is 23.2 Å². The first-order chi connectivity index (χ1) is 9.98. The summed E-state index contributed by atoms with van der Waals surface area (Å²) < 4.78 is 0. The maximum Gasteiger partial charge on any atom is 0.0624 e. The Morgan fingerprint density at radius 2 is 1.86 bits per heavy atom. The predicted molar refractivity (Wildman–Crippen MR) is 93.4 cm³/mol. The van der Waals surface area contributed by atoms with Gasteiger partial charge < -0.3 is 5.32 Å². The van der Waals surface area contributed by atoms with Crippen LogP contribution < -0.4 is 5.32 Å². The van der Waals surface area contributed by atoms with Crippen LogP contribution in [0.1, 0.15) is 51.5 Å². The molecule has 21 heavy (non-hydrogen) atoms. The van der Waals surface area contributed by atoms with E-state index < -0.39 is 0 Å². The summed E-state index contributed by atoms with van der Waals surface area (Å²) in [4.78, 5) is 0. The minimum atomic E-state index is 0.411. The normalized spacial score (nSPS) is 19.1. The lowest BCUT2D eigenvalue weighted by molar-refractivity contribution is 0.160. The molecule has 0 aromatic heterocycles. The molecule has 0 heterocycles. The van der Waals surface area contributed by atoms with Gasteiger partial charge in [0.05, 0.1) is 10.0 Å². The van der Waals surface area contributed by atoms with Gasteiger partial charge in [0.2, 0.25) is 0 Å². The number of hydrogen-bond donors (Lipinski definition) is 1. The topological polar surface area (TPSA) is 12.0 Å². The van der Waals surface area contributed by atoms with Crippen molar-refractivity contribution in [2.45, 2.75) is 58.4 Å². The maximum absolute atomic E-state index is 6.39. The van der Waals surface area contributed by atoms with Crippen LogP contribution in [-0.4, -0.2) is 13.1 Å². The lowest BCUT2D eigenvalue weighted by Gasteiger charge is -2.39. The number of rotatable bonds is 6. The Morgan fingerprint density at radius 1 is 1.19 bits per heavy atom. The Morgan fingerprint density at radius 3 is 2.43 bits per heavy atom. The monoisotopic (exact) mass is 327 g/mol. The second kappa shape index (κ2) is 7.35. The lowest BCUT2D eigenvalue weighted by atomic mass is 9.71. The van der Waals surface area contributed by atoms with Crippen LogP contribution in [0.4, 0.5) is 0 Å². The fraction of sp³-hybridized carbons (Fsp3) is 0.667. The highest BCUT2D eigenvalue weighted by molar-refractivity contribution is 6.42. The van der Waals surface area contributed by atoms with Crippen LogP contribution in [0.2, 0.25) is 10.0 Å². The SMILES string of the molecule is CNC(Cc1cccc(Cl)c1Cl)C1(CC(C)C)CCCC1. The van der Waals surface area contributed by atoms with Gasteiger partial charge in [-0.25, -0.2) is 0 Å². The van der Waals surface area contributed by atoms with Gasteiger partial charge in [0, 0.05) is 6.04 Å². The molecule has 1 unspecified atom stereocenters. The first-order valence-electron chi connectivity index (χ1n) is 8.08. The van der Waals surface area contributed by atoms with E-state index in [0.717, 1.165) is 17.4 Å². The molecule has 0 aliphatic heterocycles. The van der Waals surface area contributed by atoms with Crippen LogP contribution in [0.5, 0.6) is 0 Å². The highest BCUT2D eigenvalue weighted by atomic mass is 35.5. The molecule has 0 spiro atoms. The van der Waals surface area contributed by atoms with E-state index in [1.54, 1.807) is 0 Å². The number of halogens is 2. The van der Waals surface area contributed by atoms with Gasteiger partial charge in [0.1, 0.15) is 0 Å². The molecule has 3 heteroatoms. The summed E-state index contributed by atoms with van der Waals surface area (Å²) in [7, 11) is 2.09. The number of hydrogen-bond acceptors (Lipinski definition) is 1. The predicted octanol–water partition coefficient (Wildman–Crippen LogP) is 5.73. The van der Waals surface area contributed by atoms with E-state index in [0.29, 0.717) is 16.5 Å². The third-order valence-corrected chi connectivity index (χ3v) is 5.82. The summed E-state index contributed by atoms with van der Waals surface area (Å²) >= 11 is 12.6. The molecule has 2 rings (SSSR count). The van der Waals surface area contributed by atoms with E-state index >= 15 is 0 Å². The van der Waals surface area contributed by atoms with Crippen molar-refractivity contribution < 1.29 is 0 Å². The molecule has 1 saturated carbocycles. The summed E-state index contributed by atoms with van der Waals surface area (Å²) in [5.74, 6) is 0.730. The minimum absolute atomic E-state index is 0.411. The van der Waals surface area contributed by atoms with Crippen LogP contribution in [0.25, 0.3) is 0 Å². The van der Waals surface area contributed by atoms with Gasteiger partial charge in [-0.3, -0.25) is 0 Å². The molecule has 0 radical (unpaired) electrons. The van der Waals surface area contributed by atoms with E-state index in [-0.39, 0.29) is 0 Å². The van der Waals surface area contributed by atoms with Crippen LogP contribution in [0.15, 0.2) is 18.2 Å². The first kappa shape index (κ1) is 17.1. The Kier molecular flexibility index (Phi) is 5.99. The van der Waals surface area contributed by atoms with Crippen molar-refractivity contribution in [2.24, 2.45) is 11.3 Å². The summed E-state index contributed by atoms with van der Waals surface area (Å²) in [6, 6.07) is 6.44. The fourth-order valence-corrected chi connectivity index (χ4v) is 4.54. The highest BCUT2D eigenvalue weighted by Crippen LogP contribution is 2.47. The molecule has 1 atom stereocenters. The molecule has 1 N–H and O–H groups in total. The van der Waals surface area contributed by atoms with Crippen molar-refractivity contribution in [1.29, 1.82) is 0 Å². The third kappa shape index (κ3) is 3.94. The molecule has 118 valence electrons. The molecule has 1 nitrogen and oxygen atoms in total. The van der Waals surface area contributed by atoms with Gasteiger partial charge in [-0.1, -0.05) is 62.0 Å². The molecule has 1 aliphatic rings. The quantitative estimate of drug-likeness (QED) is 0.703. The zero-order valence-corrected chi connectivity index (χ0v) is 14.9. The standard InChI is InChI=1S/C18H27Cl2N/c1-13(2)12-18(9-4-5-10-18)16(21-3)11-14-7-6-8-15(19)17(14)20/h6-8,13,16,21H,4-5,9-12H2,1-3H3. The molecule has 1 aliphatic carbocycles. The summed E-state index contributed by atoms with van der Waals surface area (Å²) in [5.41, 5.74) is 1.58. The van der Waals surface area contributed by atoms with E-state index in [2.05, 4.69) is 32.3 Å². The van der Waals surface area contributed by atoms with E-state index in [1.165, 1.54) is 37.7 Å². The van der Waals surface area contributed by atoms with E-state index in [9.17, 15) is 0 Å². The summed E-state index contributed by atoms with van der Waals surface area (Å²) in [5, 5.41) is 4.96. The summed E-state index contributed by atoms with van der Waals surface area (Å²) in [6.45, 7) is 4.66. The van der Waals surface area contributed by atoms with Gasteiger partial charge in [-0.15, -0.1) is 0 Å². The van der Waals surface area contributed by atoms with Crippen LogP contribution in [0.3, 0.4) is 0 Å². The number of nitrogens with one attached hydrogen (secondary N) is 1. The average molecular weight is 328 g/mol. The third-order valence-electron chi connectivity index (χ3n) is 4.96. The Balaban J connectivity index is 2.23. The average Bonchev–Trinajstić information content (AvgIpc) is 2.89. The molecule has 0 bridgehead atoms. The first-order valence-corrected chi connectivity index (χ1v) is 8.84. The van der Waals surface area contributed by atoms with Gasteiger partial charge in [-0.05, 0) is 55.7 Å². The van der Waals surface area contributed by atoms with Crippen molar-refractivity contribution in [3.63, 3.8) is 0 Å². The highest BCUT2D eigenvalue weighted by Gasteiger charge is 2.40. The molecular formula is C18H27Cl2N. The smallest absolute Gasteiger partial charge is 0.0624 e. The molecule has 1 fully saturated rings. The zero-order valence-electron chi connectivity index (χ0n) is 13.4. The molecule has 0 amide bonds. The van der Waals surface area contributed by atoms with Crippen LogP contribution in [0, 0.1) is 11.3 Å². The summed E-state index contributed by atoms with van der Waals surface area (Å²) in [6.07, 6.45) is 7.62. The van der Waals surface area contributed by atoms with Gasteiger partial charge in [0.15, 0.2) is 0 Å².